The molecule has 0 spiro atoms. The van der Waals surface area contributed by atoms with Crippen molar-refractivity contribution in [3.63, 3.8) is 0 Å². The second-order valence-electron chi connectivity index (χ2n) is 8.26. The highest BCUT2D eigenvalue weighted by atomic mass is 32.2. The molecule has 1 aromatic carbocycles. The van der Waals surface area contributed by atoms with E-state index in [0.717, 1.165) is 22.6 Å². The van der Waals surface area contributed by atoms with Gasteiger partial charge in [-0.2, -0.15) is 0 Å². The predicted molar refractivity (Wildman–Crippen MR) is 129 cm³/mol. The Bertz CT molecular complexity index is 1080. The fraction of sp³-hybridized carbons (Fsp3) is 0.400. The van der Waals surface area contributed by atoms with E-state index in [2.05, 4.69) is 29.3 Å². The van der Waals surface area contributed by atoms with Crippen molar-refractivity contribution in [3.8, 4) is 11.5 Å². The molecule has 8 heteroatoms. The van der Waals surface area contributed by atoms with Gasteiger partial charge in [0.1, 0.15) is 10.8 Å². The molecule has 1 N–H and O–H groups in total. The van der Waals surface area contributed by atoms with E-state index in [1.807, 2.05) is 39.0 Å². The first kappa shape index (κ1) is 24.6. The molecule has 33 heavy (non-hydrogen) atoms. The largest absolute Gasteiger partial charge is 0.493 e. The van der Waals surface area contributed by atoms with Gasteiger partial charge >= 0.3 is 0 Å². The van der Waals surface area contributed by atoms with Gasteiger partial charge in [0.05, 0.1) is 31.0 Å². The van der Waals surface area contributed by atoms with E-state index >= 15 is 0 Å². The number of nitrogens with zero attached hydrogens (tertiary/aromatic N) is 2. The van der Waals surface area contributed by atoms with Crippen molar-refractivity contribution in [1.82, 2.24) is 15.5 Å². The lowest BCUT2D eigenvalue weighted by atomic mass is 10.1. The van der Waals surface area contributed by atoms with Crippen molar-refractivity contribution in [2.24, 2.45) is 5.92 Å². The molecule has 1 atom stereocenters. The molecule has 0 saturated carbocycles. The standard InChI is InChI=1S/C25H31N3O4S/c1-15(2)13-31-22-10-9-19(12-23(22)30-6)16(3)27-24(29)20-8-7-11-26-25(20)33-14-21-17(4)28-32-18(21)5/h7-12,15-16H,13-14H2,1-6H3,(H,27,29). The molecule has 0 aliphatic heterocycles. The van der Waals surface area contributed by atoms with E-state index < -0.39 is 0 Å². The molecule has 1 amide bonds. The van der Waals surface area contributed by atoms with E-state index in [4.69, 9.17) is 14.0 Å². The molecule has 3 rings (SSSR count). The Hall–Kier alpha value is -3.00. The summed E-state index contributed by atoms with van der Waals surface area (Å²) in [5.41, 5.74) is 3.33. The zero-order chi connectivity index (χ0) is 24.0. The number of benzene rings is 1. The van der Waals surface area contributed by atoms with Crippen LogP contribution in [0.3, 0.4) is 0 Å². The molecule has 176 valence electrons. The van der Waals surface area contributed by atoms with Gasteiger partial charge in [-0.3, -0.25) is 4.79 Å². The number of methoxy groups -OCH3 is 1. The van der Waals surface area contributed by atoms with E-state index in [-0.39, 0.29) is 11.9 Å². The van der Waals surface area contributed by atoms with Crippen LogP contribution in [0, 0.1) is 19.8 Å². The van der Waals surface area contributed by atoms with Crippen LogP contribution in [0.5, 0.6) is 11.5 Å². The first-order valence-corrected chi connectivity index (χ1v) is 11.9. The van der Waals surface area contributed by atoms with Crippen LogP contribution in [0.4, 0.5) is 0 Å². The fourth-order valence-electron chi connectivity index (χ4n) is 3.21. The number of carbonyl (C=O) groups is 1. The maximum absolute atomic E-state index is 13.1. The first-order chi connectivity index (χ1) is 15.8. The SMILES string of the molecule is COc1cc(C(C)NC(=O)c2cccnc2SCc2c(C)noc2C)ccc1OCC(C)C. The third kappa shape index (κ3) is 6.28. The molecule has 2 aromatic heterocycles. The minimum absolute atomic E-state index is 0.184. The summed E-state index contributed by atoms with van der Waals surface area (Å²) in [5.74, 6) is 2.98. The molecule has 2 heterocycles. The van der Waals surface area contributed by atoms with Crippen LogP contribution >= 0.6 is 11.8 Å². The van der Waals surface area contributed by atoms with Gasteiger partial charge in [0.25, 0.3) is 5.91 Å². The highest BCUT2D eigenvalue weighted by molar-refractivity contribution is 7.98. The lowest BCUT2D eigenvalue weighted by Gasteiger charge is -2.18. The number of amides is 1. The Morgan fingerprint density at radius 1 is 1.18 bits per heavy atom. The molecule has 0 saturated heterocycles. The van der Waals surface area contributed by atoms with Crippen molar-refractivity contribution in [3.05, 3.63) is 64.7 Å². The summed E-state index contributed by atoms with van der Waals surface area (Å²) in [6, 6.07) is 9.05. The lowest BCUT2D eigenvalue weighted by Crippen LogP contribution is -2.27. The molecule has 0 radical (unpaired) electrons. The van der Waals surface area contributed by atoms with Crippen LogP contribution < -0.4 is 14.8 Å². The van der Waals surface area contributed by atoms with Gasteiger partial charge in [-0.25, -0.2) is 4.98 Å². The summed E-state index contributed by atoms with van der Waals surface area (Å²) in [6.07, 6.45) is 1.69. The molecule has 1 unspecified atom stereocenters. The second-order valence-corrected chi connectivity index (χ2v) is 9.22. The smallest absolute Gasteiger partial charge is 0.254 e. The summed E-state index contributed by atoms with van der Waals surface area (Å²) in [4.78, 5) is 17.5. The van der Waals surface area contributed by atoms with E-state index in [1.54, 1.807) is 25.4 Å². The number of hydrogen-bond donors (Lipinski definition) is 1. The maximum atomic E-state index is 13.1. The minimum atomic E-state index is -0.230. The predicted octanol–water partition coefficient (Wildman–Crippen LogP) is 5.51. The number of ether oxygens (including phenoxy) is 2. The topological polar surface area (TPSA) is 86.5 Å². The number of hydrogen-bond acceptors (Lipinski definition) is 7. The van der Waals surface area contributed by atoms with Gasteiger partial charge in [0.2, 0.25) is 0 Å². The third-order valence-corrected chi connectivity index (χ3v) is 6.19. The van der Waals surface area contributed by atoms with Gasteiger partial charge in [-0.1, -0.05) is 25.1 Å². The molecule has 7 nitrogen and oxygen atoms in total. The Morgan fingerprint density at radius 3 is 2.64 bits per heavy atom. The average Bonchev–Trinajstić information content (AvgIpc) is 3.13. The Morgan fingerprint density at radius 2 is 1.97 bits per heavy atom. The molecule has 3 aromatic rings. The van der Waals surface area contributed by atoms with Crippen molar-refractivity contribution in [2.45, 2.75) is 51.4 Å². The number of nitrogens with one attached hydrogen (secondary N) is 1. The Balaban J connectivity index is 1.71. The van der Waals surface area contributed by atoms with E-state index in [9.17, 15) is 4.79 Å². The number of aryl methyl sites for hydroxylation is 2. The number of carbonyl (C=O) groups excluding carboxylic acids is 1. The van der Waals surface area contributed by atoms with Gasteiger partial charge in [0.15, 0.2) is 11.5 Å². The van der Waals surface area contributed by atoms with Crippen molar-refractivity contribution in [1.29, 1.82) is 0 Å². The zero-order valence-corrected chi connectivity index (χ0v) is 20.8. The summed E-state index contributed by atoms with van der Waals surface area (Å²) in [7, 11) is 1.61. The molecular weight excluding hydrogens is 438 g/mol. The summed E-state index contributed by atoms with van der Waals surface area (Å²) in [6.45, 7) is 10.5. The highest BCUT2D eigenvalue weighted by Crippen LogP contribution is 2.31. The van der Waals surface area contributed by atoms with Crippen LogP contribution in [0.25, 0.3) is 0 Å². The van der Waals surface area contributed by atoms with Crippen molar-refractivity contribution < 1.29 is 18.8 Å². The third-order valence-electron chi connectivity index (χ3n) is 5.16. The van der Waals surface area contributed by atoms with Gasteiger partial charge in [0, 0.05) is 17.5 Å². The minimum Gasteiger partial charge on any atom is -0.493 e. The maximum Gasteiger partial charge on any atom is 0.254 e. The lowest BCUT2D eigenvalue weighted by molar-refractivity contribution is 0.0936. The van der Waals surface area contributed by atoms with Crippen LogP contribution in [-0.4, -0.2) is 29.8 Å². The summed E-state index contributed by atoms with van der Waals surface area (Å²) in [5, 5.41) is 7.73. The van der Waals surface area contributed by atoms with Gasteiger partial charge in [-0.05, 0) is 56.5 Å². The van der Waals surface area contributed by atoms with Crippen LogP contribution in [0.2, 0.25) is 0 Å². The number of aromatic nitrogens is 2. The normalized spacial score (nSPS) is 12.0. The highest BCUT2D eigenvalue weighted by Gasteiger charge is 2.19. The van der Waals surface area contributed by atoms with Gasteiger partial charge < -0.3 is 19.3 Å². The zero-order valence-electron chi connectivity index (χ0n) is 20.0. The number of thioether (sulfide) groups is 1. The van der Waals surface area contributed by atoms with Crippen molar-refractivity contribution in [2.75, 3.05) is 13.7 Å². The first-order valence-electron chi connectivity index (χ1n) is 10.9. The fourth-order valence-corrected chi connectivity index (χ4v) is 4.36. The Kier molecular flexibility index (Phi) is 8.38. The number of pyridine rings is 1. The molecule has 0 aliphatic carbocycles. The molecule has 0 bridgehead atoms. The summed E-state index contributed by atoms with van der Waals surface area (Å²) < 4.78 is 16.6. The van der Waals surface area contributed by atoms with Crippen LogP contribution in [0.15, 0.2) is 46.1 Å². The average molecular weight is 470 g/mol. The van der Waals surface area contributed by atoms with E-state index in [0.29, 0.717) is 40.4 Å². The summed E-state index contributed by atoms with van der Waals surface area (Å²) >= 11 is 1.49. The quantitative estimate of drug-likeness (QED) is 0.392. The Labute approximate surface area is 199 Å². The molecular formula is C25H31N3O4S. The van der Waals surface area contributed by atoms with Crippen LogP contribution in [0.1, 0.15) is 59.8 Å². The molecule has 0 fully saturated rings. The van der Waals surface area contributed by atoms with E-state index in [1.165, 1.54) is 11.8 Å². The van der Waals surface area contributed by atoms with Crippen LogP contribution in [-0.2, 0) is 5.75 Å². The van der Waals surface area contributed by atoms with Crippen molar-refractivity contribution >= 4 is 17.7 Å². The number of rotatable bonds is 10. The second kappa shape index (κ2) is 11.2. The molecule has 0 aliphatic rings. The van der Waals surface area contributed by atoms with Gasteiger partial charge in [-0.15, -0.1) is 11.8 Å². The monoisotopic (exact) mass is 469 g/mol.